The van der Waals surface area contributed by atoms with Gasteiger partial charge in [0.15, 0.2) is 5.78 Å². The van der Waals surface area contributed by atoms with Gasteiger partial charge in [-0.1, -0.05) is 22.0 Å². The van der Waals surface area contributed by atoms with E-state index in [9.17, 15) is 9.18 Å². The first-order valence-electron chi connectivity index (χ1n) is 6.08. The Morgan fingerprint density at radius 1 is 1.15 bits per heavy atom. The van der Waals surface area contributed by atoms with E-state index in [0.717, 1.165) is 11.1 Å². The van der Waals surface area contributed by atoms with Gasteiger partial charge in [0.05, 0.1) is 12.7 Å². The smallest absolute Gasteiger partial charge is 0.197 e. The molecular weight excluding hydrogens is 323 g/mol. The van der Waals surface area contributed by atoms with Crippen LogP contribution in [-0.4, -0.2) is 12.9 Å². The fourth-order valence-electron chi connectivity index (χ4n) is 2.21. The number of hydrogen-bond acceptors (Lipinski definition) is 2. The van der Waals surface area contributed by atoms with E-state index in [4.69, 9.17) is 4.74 Å². The zero-order valence-electron chi connectivity index (χ0n) is 11.5. The summed E-state index contributed by atoms with van der Waals surface area (Å²) in [6, 6.07) is 7.85. The van der Waals surface area contributed by atoms with Crippen molar-refractivity contribution in [2.24, 2.45) is 0 Å². The fourth-order valence-corrected chi connectivity index (χ4v) is 2.68. The number of rotatable bonds is 3. The summed E-state index contributed by atoms with van der Waals surface area (Å²) >= 11 is 3.20. The van der Waals surface area contributed by atoms with E-state index in [1.807, 2.05) is 19.9 Å². The van der Waals surface area contributed by atoms with Crippen LogP contribution in [0.15, 0.2) is 34.8 Å². The van der Waals surface area contributed by atoms with Crippen molar-refractivity contribution >= 4 is 21.7 Å². The van der Waals surface area contributed by atoms with Crippen molar-refractivity contribution in [3.8, 4) is 5.75 Å². The molecule has 0 aliphatic heterocycles. The molecule has 0 aliphatic carbocycles. The van der Waals surface area contributed by atoms with Gasteiger partial charge >= 0.3 is 0 Å². The normalized spacial score (nSPS) is 10.4. The lowest BCUT2D eigenvalue weighted by Gasteiger charge is -2.12. The first-order chi connectivity index (χ1) is 9.42. The van der Waals surface area contributed by atoms with Crippen molar-refractivity contribution in [1.82, 2.24) is 0 Å². The third-order valence-electron chi connectivity index (χ3n) is 3.02. The minimum absolute atomic E-state index is 0.250. The van der Waals surface area contributed by atoms with E-state index in [2.05, 4.69) is 15.9 Å². The summed E-state index contributed by atoms with van der Waals surface area (Å²) in [7, 11) is 1.52. The van der Waals surface area contributed by atoms with Crippen LogP contribution in [0.4, 0.5) is 4.39 Å². The summed E-state index contributed by atoms with van der Waals surface area (Å²) in [5, 5.41) is 0. The lowest BCUT2D eigenvalue weighted by molar-refractivity contribution is 0.103. The third kappa shape index (κ3) is 2.90. The van der Waals surface area contributed by atoms with E-state index in [-0.39, 0.29) is 5.78 Å². The number of ketones is 1. The Hall–Kier alpha value is -1.68. The quantitative estimate of drug-likeness (QED) is 0.774. The van der Waals surface area contributed by atoms with Crippen LogP contribution in [0.3, 0.4) is 0 Å². The van der Waals surface area contributed by atoms with Gasteiger partial charge in [0.1, 0.15) is 11.6 Å². The van der Waals surface area contributed by atoms with E-state index < -0.39 is 5.82 Å². The molecule has 0 N–H and O–H groups in total. The van der Waals surface area contributed by atoms with Gasteiger partial charge in [0.25, 0.3) is 0 Å². The maximum absolute atomic E-state index is 13.4. The first-order valence-corrected chi connectivity index (χ1v) is 6.87. The van der Waals surface area contributed by atoms with Gasteiger partial charge < -0.3 is 4.74 Å². The second-order valence-electron chi connectivity index (χ2n) is 4.65. The Morgan fingerprint density at radius 3 is 2.45 bits per heavy atom. The van der Waals surface area contributed by atoms with Crippen LogP contribution in [0, 0.1) is 19.7 Å². The Bertz CT molecular complexity index is 660. The third-order valence-corrected chi connectivity index (χ3v) is 3.47. The molecule has 0 unspecified atom stereocenters. The number of halogens is 2. The van der Waals surface area contributed by atoms with Crippen LogP contribution in [0.1, 0.15) is 27.0 Å². The number of carbonyl (C=O) groups excluding carboxylic acids is 1. The molecule has 0 amide bonds. The molecule has 0 heterocycles. The molecule has 2 nitrogen and oxygen atoms in total. The summed E-state index contributed by atoms with van der Waals surface area (Å²) in [5.74, 6) is -0.195. The summed E-state index contributed by atoms with van der Waals surface area (Å²) in [4.78, 5) is 12.6. The standard InChI is InChI=1S/C16H14BrFO2/c1-9-4-10(2)15(14(5-9)20-3)16(19)11-6-12(17)8-13(18)7-11/h4-8H,1-3H3. The second-order valence-corrected chi connectivity index (χ2v) is 5.56. The lowest BCUT2D eigenvalue weighted by Crippen LogP contribution is -2.07. The average molecular weight is 337 g/mol. The Labute approximate surface area is 125 Å². The maximum Gasteiger partial charge on any atom is 0.197 e. The zero-order valence-corrected chi connectivity index (χ0v) is 13.0. The number of hydrogen-bond donors (Lipinski definition) is 0. The minimum Gasteiger partial charge on any atom is -0.496 e. The molecule has 2 aromatic rings. The Balaban J connectivity index is 2.58. The highest BCUT2D eigenvalue weighted by Gasteiger charge is 2.18. The molecule has 0 fully saturated rings. The van der Waals surface area contributed by atoms with Crippen LogP contribution in [0.25, 0.3) is 0 Å². The SMILES string of the molecule is COc1cc(C)cc(C)c1C(=O)c1cc(F)cc(Br)c1. The molecule has 0 spiro atoms. The van der Waals surface area contributed by atoms with Crippen LogP contribution < -0.4 is 4.74 Å². The summed E-state index contributed by atoms with van der Waals surface area (Å²) in [6.45, 7) is 3.78. The second kappa shape index (κ2) is 5.75. The molecule has 0 atom stereocenters. The van der Waals surface area contributed by atoms with Crippen LogP contribution in [0.2, 0.25) is 0 Å². The Morgan fingerprint density at radius 2 is 1.85 bits per heavy atom. The van der Waals surface area contributed by atoms with E-state index in [1.165, 1.54) is 19.2 Å². The van der Waals surface area contributed by atoms with Gasteiger partial charge in [0.2, 0.25) is 0 Å². The van der Waals surface area contributed by atoms with E-state index in [0.29, 0.717) is 21.3 Å². The van der Waals surface area contributed by atoms with Crippen molar-refractivity contribution in [1.29, 1.82) is 0 Å². The highest BCUT2D eigenvalue weighted by atomic mass is 79.9. The highest BCUT2D eigenvalue weighted by molar-refractivity contribution is 9.10. The van der Waals surface area contributed by atoms with Crippen molar-refractivity contribution in [2.75, 3.05) is 7.11 Å². The van der Waals surface area contributed by atoms with Crippen LogP contribution >= 0.6 is 15.9 Å². The number of methoxy groups -OCH3 is 1. The van der Waals surface area contributed by atoms with Gasteiger partial charge in [-0.2, -0.15) is 0 Å². The topological polar surface area (TPSA) is 26.3 Å². The molecule has 4 heteroatoms. The number of carbonyl (C=O) groups is 1. The van der Waals surface area contributed by atoms with E-state index in [1.54, 1.807) is 12.1 Å². The number of ether oxygens (including phenoxy) is 1. The summed E-state index contributed by atoms with van der Waals surface area (Å²) < 4.78 is 19.3. The molecule has 104 valence electrons. The highest BCUT2D eigenvalue weighted by Crippen LogP contribution is 2.28. The predicted octanol–water partition coefficient (Wildman–Crippen LogP) is 4.44. The van der Waals surface area contributed by atoms with Crippen molar-refractivity contribution < 1.29 is 13.9 Å². The first kappa shape index (κ1) is 14.7. The van der Waals surface area contributed by atoms with Crippen LogP contribution in [0.5, 0.6) is 5.75 Å². The zero-order chi connectivity index (χ0) is 14.9. The monoisotopic (exact) mass is 336 g/mol. The van der Waals surface area contributed by atoms with Gasteiger partial charge in [-0.25, -0.2) is 4.39 Å². The fraction of sp³-hybridized carbons (Fsp3) is 0.188. The van der Waals surface area contributed by atoms with Gasteiger partial charge in [-0.3, -0.25) is 4.79 Å². The Kier molecular flexibility index (Phi) is 4.23. The average Bonchev–Trinajstić information content (AvgIpc) is 2.35. The molecule has 20 heavy (non-hydrogen) atoms. The number of benzene rings is 2. The molecule has 2 aromatic carbocycles. The van der Waals surface area contributed by atoms with Crippen molar-refractivity contribution in [2.45, 2.75) is 13.8 Å². The van der Waals surface area contributed by atoms with Gasteiger partial charge in [-0.05, 0) is 49.2 Å². The van der Waals surface area contributed by atoms with Crippen molar-refractivity contribution in [3.05, 3.63) is 62.9 Å². The predicted molar refractivity (Wildman–Crippen MR) is 80.0 cm³/mol. The molecule has 0 radical (unpaired) electrons. The molecular formula is C16H14BrFO2. The molecule has 0 saturated carbocycles. The summed E-state index contributed by atoms with van der Waals surface area (Å²) in [5.41, 5.74) is 2.58. The maximum atomic E-state index is 13.4. The lowest BCUT2D eigenvalue weighted by atomic mass is 9.96. The van der Waals surface area contributed by atoms with Crippen molar-refractivity contribution in [3.63, 3.8) is 0 Å². The van der Waals surface area contributed by atoms with Gasteiger partial charge in [0, 0.05) is 10.0 Å². The molecule has 0 aliphatic rings. The molecule has 0 aromatic heterocycles. The van der Waals surface area contributed by atoms with Crippen LogP contribution in [-0.2, 0) is 0 Å². The largest absolute Gasteiger partial charge is 0.496 e. The summed E-state index contributed by atoms with van der Waals surface area (Å²) in [6.07, 6.45) is 0. The van der Waals surface area contributed by atoms with Gasteiger partial charge in [-0.15, -0.1) is 0 Å². The molecule has 2 rings (SSSR count). The molecule has 0 saturated heterocycles. The molecule has 0 bridgehead atoms. The minimum atomic E-state index is -0.452. The number of aryl methyl sites for hydroxylation is 2. The van der Waals surface area contributed by atoms with E-state index >= 15 is 0 Å².